The fourth-order valence-corrected chi connectivity index (χ4v) is 1.98. The molecule has 1 fully saturated rings. The number of hydrogen-bond acceptors (Lipinski definition) is 3. The Kier molecular flexibility index (Phi) is 4.10. The number of nitrogens with zero attached hydrogens (tertiary/aromatic N) is 2. The Morgan fingerprint density at radius 3 is 3.08 bits per heavy atom. The second-order valence-electron chi connectivity index (χ2n) is 3.16. The van der Waals surface area contributed by atoms with Crippen molar-refractivity contribution in [3.63, 3.8) is 0 Å². The van der Waals surface area contributed by atoms with E-state index in [-0.39, 0.29) is 11.9 Å². The van der Waals surface area contributed by atoms with Gasteiger partial charge < -0.3 is 4.90 Å². The molecule has 1 saturated heterocycles. The minimum absolute atomic E-state index is 0.110. The predicted molar refractivity (Wildman–Crippen MR) is 53.3 cm³/mol. The number of thioether (sulfide) groups is 1. The lowest BCUT2D eigenvalue weighted by molar-refractivity contribution is -0.130. The van der Waals surface area contributed by atoms with Gasteiger partial charge in [0, 0.05) is 6.54 Å². The maximum Gasteiger partial charge on any atom is 0.233 e. The zero-order chi connectivity index (χ0) is 9.68. The third kappa shape index (κ3) is 2.63. The minimum atomic E-state index is -0.173. The lowest BCUT2D eigenvalue weighted by Crippen LogP contribution is -2.43. The average Bonchev–Trinajstić information content (AvgIpc) is 2.18. The van der Waals surface area contributed by atoms with Crippen molar-refractivity contribution in [1.29, 1.82) is 5.26 Å². The average molecular weight is 198 g/mol. The van der Waals surface area contributed by atoms with Crippen LogP contribution in [0.3, 0.4) is 0 Å². The second-order valence-corrected chi connectivity index (χ2v) is 4.03. The van der Waals surface area contributed by atoms with Crippen molar-refractivity contribution >= 4 is 17.7 Å². The Labute approximate surface area is 83.1 Å². The lowest BCUT2D eigenvalue weighted by Gasteiger charge is -2.31. The molecule has 1 atom stereocenters. The van der Waals surface area contributed by atoms with E-state index in [9.17, 15) is 4.79 Å². The summed E-state index contributed by atoms with van der Waals surface area (Å²) in [6.07, 6.45) is 4.86. The highest BCUT2D eigenvalue weighted by atomic mass is 32.2. The quantitative estimate of drug-likeness (QED) is 0.671. The zero-order valence-corrected chi connectivity index (χ0v) is 8.64. The van der Waals surface area contributed by atoms with Crippen molar-refractivity contribution < 1.29 is 4.79 Å². The van der Waals surface area contributed by atoms with Gasteiger partial charge in [0.05, 0.1) is 11.8 Å². The van der Waals surface area contributed by atoms with Gasteiger partial charge in [-0.25, -0.2) is 0 Å². The molecule has 1 aliphatic rings. The summed E-state index contributed by atoms with van der Waals surface area (Å²) in [5.74, 6) is 0.608. The monoisotopic (exact) mass is 198 g/mol. The van der Waals surface area contributed by atoms with Gasteiger partial charge in [-0.1, -0.05) is 0 Å². The molecular formula is C9H14N2OS. The molecule has 1 rings (SSSR count). The minimum Gasteiger partial charge on any atom is -0.326 e. The summed E-state index contributed by atoms with van der Waals surface area (Å²) in [4.78, 5) is 13.2. The van der Waals surface area contributed by atoms with Crippen LogP contribution < -0.4 is 0 Å². The normalized spacial score (nSPS) is 22.5. The summed E-state index contributed by atoms with van der Waals surface area (Å²) in [6.45, 7) is 0.762. The second kappa shape index (κ2) is 5.13. The van der Waals surface area contributed by atoms with Gasteiger partial charge in [-0.3, -0.25) is 4.79 Å². The molecule has 13 heavy (non-hydrogen) atoms. The van der Waals surface area contributed by atoms with Crippen LogP contribution >= 0.6 is 11.8 Å². The smallest absolute Gasteiger partial charge is 0.233 e. The molecular weight excluding hydrogens is 184 g/mol. The number of hydrogen-bond donors (Lipinski definition) is 0. The van der Waals surface area contributed by atoms with Gasteiger partial charge >= 0.3 is 0 Å². The molecule has 0 aliphatic carbocycles. The Hall–Kier alpha value is -0.690. The Bertz CT molecular complexity index is 224. The molecule has 1 aliphatic heterocycles. The van der Waals surface area contributed by atoms with Crippen molar-refractivity contribution in [3.8, 4) is 6.07 Å². The van der Waals surface area contributed by atoms with Gasteiger partial charge in [0.15, 0.2) is 0 Å². The van der Waals surface area contributed by atoms with Gasteiger partial charge in [-0.2, -0.15) is 17.0 Å². The SMILES string of the molecule is CSCC(=O)N1CCCCC1C#N. The molecule has 0 saturated carbocycles. The van der Waals surface area contributed by atoms with E-state index in [0.29, 0.717) is 5.75 Å². The number of amides is 1. The molecule has 3 nitrogen and oxygen atoms in total. The molecule has 1 amide bonds. The first kappa shape index (κ1) is 10.4. The Morgan fingerprint density at radius 2 is 2.46 bits per heavy atom. The molecule has 1 heterocycles. The number of nitriles is 1. The van der Waals surface area contributed by atoms with Crippen LogP contribution in [-0.2, 0) is 4.79 Å². The van der Waals surface area contributed by atoms with E-state index in [1.54, 1.807) is 4.90 Å². The van der Waals surface area contributed by atoms with Gasteiger partial charge in [0.25, 0.3) is 0 Å². The van der Waals surface area contributed by atoms with Crippen molar-refractivity contribution in [2.24, 2.45) is 0 Å². The maximum absolute atomic E-state index is 11.5. The van der Waals surface area contributed by atoms with Crippen LogP contribution in [0.4, 0.5) is 0 Å². The first-order valence-corrected chi connectivity index (χ1v) is 5.87. The first-order chi connectivity index (χ1) is 6.29. The number of piperidine rings is 1. The fraction of sp³-hybridized carbons (Fsp3) is 0.778. The van der Waals surface area contributed by atoms with Crippen molar-refractivity contribution in [3.05, 3.63) is 0 Å². The largest absolute Gasteiger partial charge is 0.326 e. The van der Waals surface area contributed by atoms with Crippen LogP contribution in [0.2, 0.25) is 0 Å². The molecule has 4 heteroatoms. The molecule has 0 N–H and O–H groups in total. The number of rotatable bonds is 2. The van der Waals surface area contributed by atoms with Gasteiger partial charge in [0.2, 0.25) is 5.91 Å². The van der Waals surface area contributed by atoms with Crippen molar-refractivity contribution in [2.45, 2.75) is 25.3 Å². The van der Waals surface area contributed by atoms with Crippen LogP contribution in [0.5, 0.6) is 0 Å². The molecule has 0 aromatic heterocycles. The summed E-state index contributed by atoms with van der Waals surface area (Å²) in [5, 5.41) is 8.83. The third-order valence-corrected chi connectivity index (χ3v) is 2.78. The highest BCUT2D eigenvalue weighted by Crippen LogP contribution is 2.17. The van der Waals surface area contributed by atoms with E-state index in [1.165, 1.54) is 11.8 Å². The van der Waals surface area contributed by atoms with Crippen LogP contribution in [0.25, 0.3) is 0 Å². The standard InChI is InChI=1S/C9H14N2OS/c1-13-7-9(12)11-5-3-2-4-8(11)6-10/h8H,2-5,7H2,1H3. The van der Waals surface area contributed by atoms with Gasteiger partial charge in [-0.15, -0.1) is 0 Å². The van der Waals surface area contributed by atoms with Gasteiger partial charge in [-0.05, 0) is 25.5 Å². The Balaban J connectivity index is 2.54. The van der Waals surface area contributed by atoms with E-state index in [4.69, 9.17) is 5.26 Å². The number of carbonyl (C=O) groups is 1. The van der Waals surface area contributed by atoms with E-state index in [1.807, 2.05) is 6.26 Å². The van der Waals surface area contributed by atoms with Crippen molar-refractivity contribution in [1.82, 2.24) is 4.90 Å². The van der Waals surface area contributed by atoms with Crippen LogP contribution in [0.1, 0.15) is 19.3 Å². The van der Waals surface area contributed by atoms with E-state index in [0.717, 1.165) is 25.8 Å². The maximum atomic E-state index is 11.5. The fourth-order valence-electron chi connectivity index (χ4n) is 1.57. The molecule has 0 spiro atoms. The van der Waals surface area contributed by atoms with Crippen LogP contribution in [-0.4, -0.2) is 35.4 Å². The molecule has 72 valence electrons. The first-order valence-electron chi connectivity index (χ1n) is 4.47. The lowest BCUT2D eigenvalue weighted by atomic mass is 10.0. The topological polar surface area (TPSA) is 44.1 Å². The molecule has 0 aromatic carbocycles. The summed E-state index contributed by atoms with van der Waals surface area (Å²) < 4.78 is 0. The van der Waals surface area contributed by atoms with E-state index < -0.39 is 0 Å². The highest BCUT2D eigenvalue weighted by molar-refractivity contribution is 7.99. The molecule has 0 aromatic rings. The molecule has 1 unspecified atom stereocenters. The van der Waals surface area contributed by atoms with E-state index >= 15 is 0 Å². The number of carbonyl (C=O) groups excluding carboxylic acids is 1. The summed E-state index contributed by atoms with van der Waals surface area (Å²) in [5.41, 5.74) is 0. The number of likely N-dealkylation sites (tertiary alicyclic amines) is 1. The van der Waals surface area contributed by atoms with E-state index in [2.05, 4.69) is 6.07 Å². The van der Waals surface area contributed by atoms with Crippen LogP contribution in [0, 0.1) is 11.3 Å². The van der Waals surface area contributed by atoms with Crippen molar-refractivity contribution in [2.75, 3.05) is 18.6 Å². The highest BCUT2D eigenvalue weighted by Gasteiger charge is 2.25. The van der Waals surface area contributed by atoms with Gasteiger partial charge in [0.1, 0.15) is 6.04 Å². The summed E-state index contributed by atoms with van der Waals surface area (Å²) >= 11 is 1.52. The zero-order valence-electron chi connectivity index (χ0n) is 7.82. The molecule has 0 bridgehead atoms. The predicted octanol–water partition coefficient (Wildman–Crippen LogP) is 1.25. The van der Waals surface area contributed by atoms with Crippen LogP contribution in [0.15, 0.2) is 0 Å². The Morgan fingerprint density at radius 1 is 1.69 bits per heavy atom. The molecule has 0 radical (unpaired) electrons. The summed E-state index contributed by atoms with van der Waals surface area (Å²) in [7, 11) is 0. The third-order valence-electron chi connectivity index (χ3n) is 2.24. The summed E-state index contributed by atoms with van der Waals surface area (Å²) in [6, 6.07) is 2.02.